The molecule has 0 aliphatic carbocycles. The van der Waals surface area contributed by atoms with E-state index in [1.807, 2.05) is 4.90 Å². The molecule has 64 valence electrons. The van der Waals surface area contributed by atoms with Gasteiger partial charge in [-0.15, -0.1) is 12.4 Å². The molecule has 1 N–H and O–H groups in total. The SMILES string of the molecule is Cl.O=C1CCCN1C1CNC1. The third-order valence-electron chi connectivity index (χ3n) is 2.31. The van der Waals surface area contributed by atoms with Gasteiger partial charge in [0.15, 0.2) is 0 Å². The van der Waals surface area contributed by atoms with Gasteiger partial charge in [0.1, 0.15) is 0 Å². The molecule has 2 aliphatic heterocycles. The number of rotatable bonds is 1. The van der Waals surface area contributed by atoms with Crippen LogP contribution in [-0.4, -0.2) is 36.5 Å². The van der Waals surface area contributed by atoms with Crippen molar-refractivity contribution in [3.05, 3.63) is 0 Å². The first kappa shape index (κ1) is 8.81. The topological polar surface area (TPSA) is 32.3 Å². The van der Waals surface area contributed by atoms with Gasteiger partial charge < -0.3 is 10.2 Å². The molecule has 2 rings (SSSR count). The van der Waals surface area contributed by atoms with E-state index in [0.29, 0.717) is 11.9 Å². The molecule has 11 heavy (non-hydrogen) atoms. The first-order chi connectivity index (χ1) is 4.88. The zero-order chi connectivity index (χ0) is 6.97. The molecule has 0 atom stereocenters. The van der Waals surface area contributed by atoms with Gasteiger partial charge in [-0.25, -0.2) is 0 Å². The Morgan fingerprint density at radius 1 is 1.45 bits per heavy atom. The Kier molecular flexibility index (Phi) is 2.73. The Hall–Kier alpha value is -0.280. The summed E-state index contributed by atoms with van der Waals surface area (Å²) in [6.45, 7) is 3.00. The summed E-state index contributed by atoms with van der Waals surface area (Å²) < 4.78 is 0. The number of carbonyl (C=O) groups excluding carboxylic acids is 1. The van der Waals surface area contributed by atoms with Crippen molar-refractivity contribution in [1.29, 1.82) is 0 Å². The summed E-state index contributed by atoms with van der Waals surface area (Å²) in [5, 5.41) is 3.16. The second kappa shape index (κ2) is 3.41. The van der Waals surface area contributed by atoms with Crippen LogP contribution in [0.4, 0.5) is 0 Å². The number of carbonyl (C=O) groups is 1. The fourth-order valence-corrected chi connectivity index (χ4v) is 1.55. The highest BCUT2D eigenvalue weighted by Gasteiger charge is 2.31. The average Bonchev–Trinajstić information content (AvgIpc) is 2.12. The monoisotopic (exact) mass is 176 g/mol. The van der Waals surface area contributed by atoms with Crippen LogP contribution in [0.3, 0.4) is 0 Å². The van der Waals surface area contributed by atoms with Gasteiger partial charge in [0.05, 0.1) is 6.04 Å². The Labute approximate surface area is 72.5 Å². The van der Waals surface area contributed by atoms with Crippen LogP contribution in [0.25, 0.3) is 0 Å². The standard InChI is InChI=1S/C7H12N2O.ClH/c10-7-2-1-3-9(7)6-4-8-5-6;/h6,8H,1-5H2;1H. The molecule has 0 aromatic carbocycles. The molecule has 0 unspecified atom stereocenters. The number of halogens is 1. The number of likely N-dealkylation sites (tertiary alicyclic amines) is 1. The van der Waals surface area contributed by atoms with Crippen LogP contribution in [0.5, 0.6) is 0 Å². The third kappa shape index (κ3) is 1.49. The number of nitrogens with zero attached hydrogens (tertiary/aromatic N) is 1. The summed E-state index contributed by atoms with van der Waals surface area (Å²) in [4.78, 5) is 13.1. The molecule has 1 amide bonds. The molecule has 2 fully saturated rings. The van der Waals surface area contributed by atoms with E-state index < -0.39 is 0 Å². The van der Waals surface area contributed by atoms with Crippen molar-refractivity contribution in [1.82, 2.24) is 10.2 Å². The van der Waals surface area contributed by atoms with Crippen molar-refractivity contribution < 1.29 is 4.79 Å². The lowest BCUT2D eigenvalue weighted by molar-refractivity contribution is -0.130. The lowest BCUT2D eigenvalue weighted by atomic mass is 10.1. The van der Waals surface area contributed by atoms with E-state index >= 15 is 0 Å². The quantitative estimate of drug-likeness (QED) is 0.610. The summed E-state index contributed by atoms with van der Waals surface area (Å²) in [7, 11) is 0. The van der Waals surface area contributed by atoms with Crippen molar-refractivity contribution in [3.8, 4) is 0 Å². The van der Waals surface area contributed by atoms with E-state index in [0.717, 1.165) is 32.5 Å². The minimum atomic E-state index is 0. The lowest BCUT2D eigenvalue weighted by Crippen LogP contribution is -2.57. The van der Waals surface area contributed by atoms with Gasteiger partial charge in [-0.05, 0) is 6.42 Å². The van der Waals surface area contributed by atoms with Crippen molar-refractivity contribution >= 4 is 18.3 Å². The molecule has 2 heterocycles. The van der Waals surface area contributed by atoms with E-state index in [-0.39, 0.29) is 12.4 Å². The Morgan fingerprint density at radius 3 is 2.55 bits per heavy atom. The van der Waals surface area contributed by atoms with E-state index in [2.05, 4.69) is 5.32 Å². The Bertz CT molecular complexity index is 159. The zero-order valence-corrected chi connectivity index (χ0v) is 7.19. The number of amides is 1. The molecule has 4 heteroatoms. The van der Waals surface area contributed by atoms with Gasteiger partial charge in [0.2, 0.25) is 5.91 Å². The second-order valence-corrected chi connectivity index (χ2v) is 3.00. The molecular formula is C7H13ClN2O. The van der Waals surface area contributed by atoms with Crippen molar-refractivity contribution in [2.75, 3.05) is 19.6 Å². The summed E-state index contributed by atoms with van der Waals surface area (Å²) in [6.07, 6.45) is 1.84. The van der Waals surface area contributed by atoms with Crippen LogP contribution < -0.4 is 5.32 Å². The van der Waals surface area contributed by atoms with Gasteiger partial charge in [0.25, 0.3) is 0 Å². The van der Waals surface area contributed by atoms with Crippen molar-refractivity contribution in [2.24, 2.45) is 0 Å². The maximum Gasteiger partial charge on any atom is 0.222 e. The molecule has 0 aromatic heterocycles. The lowest BCUT2D eigenvalue weighted by Gasteiger charge is -2.35. The predicted molar refractivity (Wildman–Crippen MR) is 44.9 cm³/mol. The van der Waals surface area contributed by atoms with Gasteiger partial charge in [-0.1, -0.05) is 0 Å². The normalized spacial score (nSPS) is 24.7. The molecule has 0 aromatic rings. The van der Waals surface area contributed by atoms with E-state index in [1.165, 1.54) is 0 Å². The molecule has 0 bridgehead atoms. The van der Waals surface area contributed by atoms with Crippen molar-refractivity contribution in [2.45, 2.75) is 18.9 Å². The van der Waals surface area contributed by atoms with Crippen molar-refractivity contribution in [3.63, 3.8) is 0 Å². The predicted octanol–water partition coefficient (Wildman–Crippen LogP) is 0.00240. The minimum absolute atomic E-state index is 0. The van der Waals surface area contributed by atoms with E-state index in [4.69, 9.17) is 0 Å². The smallest absolute Gasteiger partial charge is 0.222 e. The molecular weight excluding hydrogens is 164 g/mol. The molecule has 0 spiro atoms. The Balaban J connectivity index is 0.000000605. The second-order valence-electron chi connectivity index (χ2n) is 3.00. The zero-order valence-electron chi connectivity index (χ0n) is 6.38. The number of hydrogen-bond acceptors (Lipinski definition) is 2. The van der Waals surface area contributed by atoms with Crippen LogP contribution in [0, 0.1) is 0 Å². The summed E-state index contributed by atoms with van der Waals surface area (Å²) in [5.41, 5.74) is 0. The summed E-state index contributed by atoms with van der Waals surface area (Å²) in [5.74, 6) is 0.353. The summed E-state index contributed by atoms with van der Waals surface area (Å²) >= 11 is 0. The minimum Gasteiger partial charge on any atom is -0.337 e. The maximum absolute atomic E-state index is 11.1. The van der Waals surface area contributed by atoms with E-state index in [9.17, 15) is 4.79 Å². The first-order valence-electron chi connectivity index (χ1n) is 3.88. The molecule has 2 aliphatic rings. The number of hydrogen-bond donors (Lipinski definition) is 1. The molecule has 2 saturated heterocycles. The van der Waals surface area contributed by atoms with Gasteiger partial charge in [-0.2, -0.15) is 0 Å². The average molecular weight is 177 g/mol. The van der Waals surface area contributed by atoms with Gasteiger partial charge >= 0.3 is 0 Å². The maximum atomic E-state index is 11.1. The highest BCUT2D eigenvalue weighted by molar-refractivity contribution is 5.85. The largest absolute Gasteiger partial charge is 0.337 e. The van der Waals surface area contributed by atoms with Crippen LogP contribution in [0.15, 0.2) is 0 Å². The molecule has 0 saturated carbocycles. The third-order valence-corrected chi connectivity index (χ3v) is 2.31. The Morgan fingerprint density at radius 2 is 2.18 bits per heavy atom. The highest BCUT2D eigenvalue weighted by atomic mass is 35.5. The number of nitrogens with one attached hydrogen (secondary N) is 1. The van der Waals surface area contributed by atoms with Gasteiger partial charge in [0, 0.05) is 26.1 Å². The first-order valence-corrected chi connectivity index (χ1v) is 3.88. The van der Waals surface area contributed by atoms with Gasteiger partial charge in [-0.3, -0.25) is 4.79 Å². The van der Waals surface area contributed by atoms with E-state index in [1.54, 1.807) is 0 Å². The fraction of sp³-hybridized carbons (Fsp3) is 0.857. The highest BCUT2D eigenvalue weighted by Crippen LogP contribution is 2.15. The van der Waals surface area contributed by atoms with Crippen LogP contribution in [-0.2, 0) is 4.79 Å². The van der Waals surface area contributed by atoms with Crippen LogP contribution in [0.2, 0.25) is 0 Å². The molecule has 0 radical (unpaired) electrons. The van der Waals surface area contributed by atoms with Crippen LogP contribution in [0.1, 0.15) is 12.8 Å². The molecule has 3 nitrogen and oxygen atoms in total. The fourth-order valence-electron chi connectivity index (χ4n) is 1.55. The summed E-state index contributed by atoms with van der Waals surface area (Å²) in [6, 6.07) is 0.523. The van der Waals surface area contributed by atoms with Crippen LogP contribution >= 0.6 is 12.4 Å².